The molecule has 0 spiro atoms. The molecule has 0 aromatic carbocycles. The van der Waals surface area contributed by atoms with Crippen molar-refractivity contribution in [3.63, 3.8) is 0 Å². The number of amides is 1. The summed E-state index contributed by atoms with van der Waals surface area (Å²) in [6, 6.07) is -1.42. The first kappa shape index (κ1) is 13.9. The van der Waals surface area contributed by atoms with E-state index in [4.69, 9.17) is 10.8 Å². The molecular weight excluding hydrogens is 196 g/mol. The number of carboxylic acids is 1. The third-order valence-electron chi connectivity index (χ3n) is 2.13. The monoisotopic (exact) mass is 216 g/mol. The Kier molecular flexibility index (Phi) is 6.70. The number of carbonyl (C=O) groups excluding carboxylic acids is 1. The Balaban J connectivity index is 4.15. The Morgan fingerprint density at radius 2 is 1.80 bits per heavy atom. The average Bonchev–Trinajstić information content (AvgIpc) is 2.17. The summed E-state index contributed by atoms with van der Waals surface area (Å²) < 4.78 is 0. The lowest BCUT2D eigenvalue weighted by Crippen LogP contribution is -2.48. The molecule has 2 atom stereocenters. The van der Waals surface area contributed by atoms with Gasteiger partial charge in [0.2, 0.25) is 5.91 Å². The predicted octanol–water partition coefficient (Wildman–Crippen LogP) is 0.483. The molecule has 0 aliphatic heterocycles. The Hall–Kier alpha value is -1.10. The molecule has 0 fully saturated rings. The fraction of sp³-hybridized carbons (Fsp3) is 0.800. The van der Waals surface area contributed by atoms with Gasteiger partial charge in [0, 0.05) is 0 Å². The van der Waals surface area contributed by atoms with Crippen molar-refractivity contribution in [1.82, 2.24) is 5.32 Å². The Labute approximate surface area is 90.0 Å². The normalized spacial score (nSPS) is 14.3. The minimum absolute atomic E-state index is 0.377. The molecule has 5 heteroatoms. The van der Waals surface area contributed by atoms with E-state index in [1.54, 1.807) is 0 Å². The quantitative estimate of drug-likeness (QED) is 0.577. The molecule has 0 saturated heterocycles. The van der Waals surface area contributed by atoms with Crippen LogP contribution in [-0.2, 0) is 9.59 Å². The first-order valence-corrected chi connectivity index (χ1v) is 5.31. The van der Waals surface area contributed by atoms with E-state index in [1.165, 1.54) is 0 Å². The molecule has 88 valence electrons. The molecule has 0 radical (unpaired) electrons. The Morgan fingerprint density at radius 3 is 2.20 bits per heavy atom. The zero-order valence-electron chi connectivity index (χ0n) is 9.32. The Morgan fingerprint density at radius 1 is 1.27 bits per heavy atom. The van der Waals surface area contributed by atoms with Gasteiger partial charge in [-0.15, -0.1) is 0 Å². The van der Waals surface area contributed by atoms with Crippen molar-refractivity contribution in [1.29, 1.82) is 0 Å². The Bertz CT molecular complexity index is 219. The highest BCUT2D eigenvalue weighted by atomic mass is 16.4. The second-order valence-corrected chi connectivity index (χ2v) is 3.58. The molecule has 0 aliphatic rings. The lowest BCUT2D eigenvalue weighted by molar-refractivity contribution is -0.142. The van der Waals surface area contributed by atoms with E-state index in [0.29, 0.717) is 19.3 Å². The number of rotatable bonds is 7. The number of hydrogen-bond acceptors (Lipinski definition) is 3. The van der Waals surface area contributed by atoms with Gasteiger partial charge in [-0.05, 0) is 12.8 Å². The van der Waals surface area contributed by atoms with Gasteiger partial charge in [-0.3, -0.25) is 4.79 Å². The largest absolute Gasteiger partial charge is 0.480 e. The molecule has 0 aliphatic carbocycles. The van der Waals surface area contributed by atoms with Crippen LogP contribution in [0, 0.1) is 0 Å². The van der Waals surface area contributed by atoms with Crippen LogP contribution in [0.15, 0.2) is 0 Å². The molecule has 0 heterocycles. The van der Waals surface area contributed by atoms with Gasteiger partial charge >= 0.3 is 5.97 Å². The van der Waals surface area contributed by atoms with Crippen molar-refractivity contribution in [2.45, 2.75) is 51.6 Å². The van der Waals surface area contributed by atoms with Gasteiger partial charge in [0.25, 0.3) is 0 Å². The van der Waals surface area contributed by atoms with E-state index >= 15 is 0 Å². The fourth-order valence-corrected chi connectivity index (χ4v) is 1.27. The maximum atomic E-state index is 11.4. The summed E-state index contributed by atoms with van der Waals surface area (Å²) in [5, 5.41) is 11.2. The van der Waals surface area contributed by atoms with Crippen LogP contribution in [0.4, 0.5) is 0 Å². The van der Waals surface area contributed by atoms with Crippen LogP contribution in [0.3, 0.4) is 0 Å². The van der Waals surface area contributed by atoms with Gasteiger partial charge in [-0.2, -0.15) is 0 Å². The third kappa shape index (κ3) is 5.37. The minimum atomic E-state index is -1.01. The molecule has 15 heavy (non-hydrogen) atoms. The number of hydrogen-bond donors (Lipinski definition) is 3. The van der Waals surface area contributed by atoms with Gasteiger partial charge < -0.3 is 16.2 Å². The summed E-state index contributed by atoms with van der Waals surface area (Å²) in [6.07, 6.45) is 2.52. The number of carboxylic acid groups (broad SMARTS) is 1. The minimum Gasteiger partial charge on any atom is -0.480 e. The van der Waals surface area contributed by atoms with Crippen LogP contribution in [0.1, 0.15) is 39.5 Å². The first-order chi connectivity index (χ1) is 7.02. The highest BCUT2D eigenvalue weighted by Crippen LogP contribution is 1.99. The SMILES string of the molecule is CCCC(NC(=O)[C@H](N)CCC)C(=O)O. The van der Waals surface area contributed by atoms with Crippen molar-refractivity contribution < 1.29 is 14.7 Å². The number of nitrogens with one attached hydrogen (secondary N) is 1. The maximum Gasteiger partial charge on any atom is 0.326 e. The zero-order chi connectivity index (χ0) is 11.8. The molecule has 1 amide bonds. The molecule has 1 unspecified atom stereocenters. The molecule has 4 N–H and O–H groups in total. The van der Waals surface area contributed by atoms with E-state index < -0.39 is 18.1 Å². The summed E-state index contributed by atoms with van der Waals surface area (Å²) in [5.41, 5.74) is 5.57. The lowest BCUT2D eigenvalue weighted by Gasteiger charge is -2.16. The molecule has 0 aromatic rings. The second kappa shape index (κ2) is 7.23. The molecule has 0 bridgehead atoms. The van der Waals surface area contributed by atoms with Gasteiger partial charge in [-0.25, -0.2) is 4.79 Å². The average molecular weight is 216 g/mol. The van der Waals surface area contributed by atoms with Crippen molar-refractivity contribution in [3.05, 3.63) is 0 Å². The van der Waals surface area contributed by atoms with E-state index in [0.717, 1.165) is 6.42 Å². The summed E-state index contributed by atoms with van der Waals surface area (Å²) in [6.45, 7) is 3.79. The van der Waals surface area contributed by atoms with Gasteiger partial charge in [0.1, 0.15) is 6.04 Å². The summed E-state index contributed by atoms with van der Waals surface area (Å²) in [4.78, 5) is 22.2. The highest BCUT2D eigenvalue weighted by molar-refractivity contribution is 5.86. The van der Waals surface area contributed by atoms with Crippen molar-refractivity contribution in [2.75, 3.05) is 0 Å². The summed E-state index contributed by atoms with van der Waals surface area (Å²) in [5.74, 6) is -1.38. The van der Waals surface area contributed by atoms with Gasteiger partial charge in [0.05, 0.1) is 6.04 Å². The van der Waals surface area contributed by atoms with E-state index in [9.17, 15) is 9.59 Å². The van der Waals surface area contributed by atoms with E-state index in [-0.39, 0.29) is 5.91 Å². The number of carbonyl (C=O) groups is 2. The van der Waals surface area contributed by atoms with E-state index in [2.05, 4.69) is 5.32 Å². The molecule has 0 rings (SSSR count). The standard InChI is InChI=1S/C10H20N2O3/c1-3-5-7(11)9(13)12-8(6-4-2)10(14)15/h7-8H,3-6,11H2,1-2H3,(H,12,13)(H,14,15)/t7-,8?/m1/s1. The molecule has 0 saturated carbocycles. The zero-order valence-corrected chi connectivity index (χ0v) is 9.32. The highest BCUT2D eigenvalue weighted by Gasteiger charge is 2.21. The molecule has 0 aromatic heterocycles. The second-order valence-electron chi connectivity index (χ2n) is 3.58. The number of nitrogens with two attached hydrogens (primary N) is 1. The van der Waals surface area contributed by atoms with Crippen LogP contribution >= 0.6 is 0 Å². The smallest absolute Gasteiger partial charge is 0.326 e. The number of aliphatic carboxylic acids is 1. The fourth-order valence-electron chi connectivity index (χ4n) is 1.27. The van der Waals surface area contributed by atoms with Crippen LogP contribution in [0.5, 0.6) is 0 Å². The van der Waals surface area contributed by atoms with Crippen LogP contribution in [0.25, 0.3) is 0 Å². The summed E-state index contributed by atoms with van der Waals surface area (Å²) >= 11 is 0. The van der Waals surface area contributed by atoms with Crippen LogP contribution < -0.4 is 11.1 Å². The summed E-state index contributed by atoms with van der Waals surface area (Å²) in [7, 11) is 0. The maximum absolute atomic E-state index is 11.4. The van der Waals surface area contributed by atoms with Crippen molar-refractivity contribution >= 4 is 11.9 Å². The topological polar surface area (TPSA) is 92.4 Å². The van der Waals surface area contributed by atoms with Gasteiger partial charge in [-0.1, -0.05) is 26.7 Å². The van der Waals surface area contributed by atoms with Crippen LogP contribution in [0.2, 0.25) is 0 Å². The lowest BCUT2D eigenvalue weighted by atomic mass is 10.1. The van der Waals surface area contributed by atoms with Gasteiger partial charge in [0.15, 0.2) is 0 Å². The van der Waals surface area contributed by atoms with Crippen molar-refractivity contribution in [3.8, 4) is 0 Å². The molecular formula is C10H20N2O3. The predicted molar refractivity (Wildman–Crippen MR) is 57.4 cm³/mol. The third-order valence-corrected chi connectivity index (χ3v) is 2.13. The molecule has 5 nitrogen and oxygen atoms in total. The van der Waals surface area contributed by atoms with E-state index in [1.807, 2.05) is 13.8 Å². The van der Waals surface area contributed by atoms with Crippen molar-refractivity contribution in [2.24, 2.45) is 5.73 Å². The first-order valence-electron chi connectivity index (χ1n) is 5.31. The van der Waals surface area contributed by atoms with Crippen LogP contribution in [-0.4, -0.2) is 29.1 Å².